The highest BCUT2D eigenvalue weighted by atomic mass is 35.5. The maximum Gasteiger partial charge on any atom is 0.259 e. The SMILES string of the molecule is CCc1nc(NC(=O)c2cc(Cl)ccc2NN)sc1C. The van der Waals surface area contributed by atoms with E-state index < -0.39 is 0 Å². The quantitative estimate of drug-likeness (QED) is 0.598. The van der Waals surface area contributed by atoms with E-state index in [1.165, 1.54) is 11.3 Å². The number of aryl methyl sites for hydroxylation is 2. The zero-order valence-corrected chi connectivity index (χ0v) is 12.7. The van der Waals surface area contributed by atoms with Gasteiger partial charge in [0.15, 0.2) is 5.13 Å². The zero-order chi connectivity index (χ0) is 14.7. The fourth-order valence-corrected chi connectivity index (χ4v) is 2.87. The molecule has 0 bridgehead atoms. The van der Waals surface area contributed by atoms with Crippen LogP contribution in [0.4, 0.5) is 10.8 Å². The summed E-state index contributed by atoms with van der Waals surface area (Å²) in [6, 6.07) is 4.88. The molecule has 1 heterocycles. The third kappa shape index (κ3) is 3.09. The number of carbonyl (C=O) groups excluding carboxylic acids is 1. The van der Waals surface area contributed by atoms with Gasteiger partial charge in [-0.3, -0.25) is 16.0 Å². The number of thiazole rings is 1. The van der Waals surface area contributed by atoms with Crippen molar-refractivity contribution in [2.24, 2.45) is 5.84 Å². The first kappa shape index (κ1) is 14.8. The van der Waals surface area contributed by atoms with Crippen LogP contribution in [0.15, 0.2) is 18.2 Å². The van der Waals surface area contributed by atoms with Crippen molar-refractivity contribution in [3.05, 3.63) is 39.4 Å². The molecule has 20 heavy (non-hydrogen) atoms. The van der Waals surface area contributed by atoms with Gasteiger partial charge in [-0.25, -0.2) is 4.98 Å². The molecule has 0 aliphatic rings. The first-order valence-corrected chi connectivity index (χ1v) is 7.28. The van der Waals surface area contributed by atoms with Crippen LogP contribution in [0, 0.1) is 6.92 Å². The molecule has 1 aromatic carbocycles. The van der Waals surface area contributed by atoms with Crippen LogP contribution < -0.4 is 16.6 Å². The van der Waals surface area contributed by atoms with Crippen molar-refractivity contribution in [2.75, 3.05) is 10.7 Å². The first-order chi connectivity index (χ1) is 9.55. The average Bonchev–Trinajstić information content (AvgIpc) is 2.78. The number of amides is 1. The summed E-state index contributed by atoms with van der Waals surface area (Å²) in [6.45, 7) is 4.01. The lowest BCUT2D eigenvalue weighted by atomic mass is 10.1. The molecule has 0 unspecified atom stereocenters. The Bertz CT molecular complexity index is 641. The normalized spacial score (nSPS) is 10.4. The minimum absolute atomic E-state index is 0.295. The van der Waals surface area contributed by atoms with E-state index >= 15 is 0 Å². The maximum absolute atomic E-state index is 12.3. The van der Waals surface area contributed by atoms with Crippen molar-refractivity contribution < 1.29 is 4.79 Å². The second-order valence-electron chi connectivity index (χ2n) is 4.16. The Morgan fingerprint density at radius 2 is 2.25 bits per heavy atom. The highest BCUT2D eigenvalue weighted by molar-refractivity contribution is 7.15. The number of anilines is 2. The molecule has 0 aliphatic heterocycles. The number of aromatic nitrogens is 1. The van der Waals surface area contributed by atoms with Crippen molar-refractivity contribution in [3.63, 3.8) is 0 Å². The number of hydrogen-bond donors (Lipinski definition) is 3. The number of hydrogen-bond acceptors (Lipinski definition) is 5. The number of nitrogens with one attached hydrogen (secondary N) is 2. The number of nitrogens with zero attached hydrogens (tertiary/aromatic N) is 1. The van der Waals surface area contributed by atoms with E-state index in [0.717, 1.165) is 17.0 Å². The Labute approximate surface area is 126 Å². The lowest BCUT2D eigenvalue weighted by Gasteiger charge is -2.08. The minimum atomic E-state index is -0.295. The Hall–Kier alpha value is -1.63. The van der Waals surface area contributed by atoms with Gasteiger partial charge in [0.05, 0.1) is 16.9 Å². The standard InChI is InChI=1S/C13H15ClN4OS/c1-3-10-7(2)20-13(16-10)17-12(19)9-6-8(14)4-5-11(9)18-15/h4-6,18H,3,15H2,1-2H3,(H,16,17,19). The molecule has 0 aliphatic carbocycles. The lowest BCUT2D eigenvalue weighted by molar-refractivity contribution is 0.102. The van der Waals surface area contributed by atoms with Crippen molar-refractivity contribution in [1.29, 1.82) is 0 Å². The number of nitrogens with two attached hydrogens (primary N) is 1. The van der Waals surface area contributed by atoms with E-state index in [4.69, 9.17) is 17.4 Å². The van der Waals surface area contributed by atoms with Crippen molar-refractivity contribution >= 4 is 39.7 Å². The molecule has 2 aromatic rings. The predicted molar refractivity (Wildman–Crippen MR) is 83.4 cm³/mol. The molecule has 0 saturated carbocycles. The zero-order valence-electron chi connectivity index (χ0n) is 11.2. The maximum atomic E-state index is 12.3. The molecule has 0 fully saturated rings. The Morgan fingerprint density at radius 3 is 2.85 bits per heavy atom. The number of rotatable bonds is 4. The highest BCUT2D eigenvalue weighted by Gasteiger charge is 2.14. The van der Waals surface area contributed by atoms with E-state index in [9.17, 15) is 4.79 Å². The summed E-state index contributed by atoms with van der Waals surface area (Å²) >= 11 is 7.36. The van der Waals surface area contributed by atoms with Crippen LogP contribution in [0.25, 0.3) is 0 Å². The van der Waals surface area contributed by atoms with Gasteiger partial charge in [-0.05, 0) is 31.5 Å². The average molecular weight is 311 g/mol. The van der Waals surface area contributed by atoms with Crippen molar-refractivity contribution in [1.82, 2.24) is 4.98 Å². The van der Waals surface area contributed by atoms with Gasteiger partial charge in [0.25, 0.3) is 5.91 Å². The summed E-state index contributed by atoms with van der Waals surface area (Å²) in [7, 11) is 0. The van der Waals surface area contributed by atoms with Gasteiger partial charge in [0, 0.05) is 9.90 Å². The van der Waals surface area contributed by atoms with E-state index in [2.05, 4.69) is 15.7 Å². The van der Waals surface area contributed by atoms with Gasteiger partial charge >= 0.3 is 0 Å². The number of nitrogen functional groups attached to an aromatic ring is 1. The van der Waals surface area contributed by atoms with Gasteiger partial charge in [-0.1, -0.05) is 18.5 Å². The molecule has 106 valence electrons. The summed E-state index contributed by atoms with van der Waals surface area (Å²) < 4.78 is 0. The fraction of sp³-hybridized carbons (Fsp3) is 0.231. The molecule has 2 rings (SSSR count). The van der Waals surface area contributed by atoms with E-state index in [1.54, 1.807) is 18.2 Å². The summed E-state index contributed by atoms with van der Waals surface area (Å²) in [5.41, 5.74) is 4.37. The number of hydrazine groups is 1. The lowest BCUT2D eigenvalue weighted by Crippen LogP contribution is -2.17. The van der Waals surface area contributed by atoms with Gasteiger partial charge in [0.1, 0.15) is 0 Å². The minimum Gasteiger partial charge on any atom is -0.323 e. The van der Waals surface area contributed by atoms with Crippen molar-refractivity contribution in [3.8, 4) is 0 Å². The molecule has 4 N–H and O–H groups in total. The molecule has 0 atom stereocenters. The fourth-order valence-electron chi connectivity index (χ4n) is 1.80. The van der Waals surface area contributed by atoms with E-state index in [0.29, 0.717) is 21.4 Å². The van der Waals surface area contributed by atoms with Gasteiger partial charge in [0.2, 0.25) is 0 Å². The second-order valence-corrected chi connectivity index (χ2v) is 5.80. The topological polar surface area (TPSA) is 80.0 Å². The predicted octanol–water partition coefficient (Wildman–Crippen LogP) is 3.21. The number of carbonyl (C=O) groups is 1. The summed E-state index contributed by atoms with van der Waals surface area (Å²) in [6.07, 6.45) is 0.838. The molecule has 0 saturated heterocycles. The largest absolute Gasteiger partial charge is 0.323 e. The molecule has 0 radical (unpaired) electrons. The highest BCUT2D eigenvalue weighted by Crippen LogP contribution is 2.25. The summed E-state index contributed by atoms with van der Waals surface area (Å²) in [5, 5.41) is 3.82. The summed E-state index contributed by atoms with van der Waals surface area (Å²) in [5.74, 6) is 5.10. The number of halogens is 1. The second kappa shape index (κ2) is 6.21. The molecule has 5 nitrogen and oxygen atoms in total. The van der Waals surface area contributed by atoms with Crippen molar-refractivity contribution in [2.45, 2.75) is 20.3 Å². The first-order valence-electron chi connectivity index (χ1n) is 6.09. The molecular weight excluding hydrogens is 296 g/mol. The molecular formula is C13H15ClN4OS. The summed E-state index contributed by atoms with van der Waals surface area (Å²) in [4.78, 5) is 17.7. The third-order valence-corrected chi connectivity index (χ3v) is 3.99. The Balaban J connectivity index is 2.25. The van der Waals surface area contributed by atoms with Crippen LogP contribution in [-0.4, -0.2) is 10.9 Å². The molecule has 1 aromatic heterocycles. The van der Waals surface area contributed by atoms with Gasteiger partial charge in [-0.15, -0.1) is 11.3 Å². The van der Waals surface area contributed by atoms with Crippen LogP contribution in [0.2, 0.25) is 5.02 Å². The third-order valence-electron chi connectivity index (χ3n) is 2.83. The van der Waals surface area contributed by atoms with E-state index in [1.807, 2.05) is 13.8 Å². The van der Waals surface area contributed by atoms with Gasteiger partial charge in [-0.2, -0.15) is 0 Å². The van der Waals surface area contributed by atoms with Crippen LogP contribution in [-0.2, 0) is 6.42 Å². The molecule has 0 spiro atoms. The van der Waals surface area contributed by atoms with Crippen LogP contribution in [0.1, 0.15) is 27.9 Å². The van der Waals surface area contributed by atoms with Crippen LogP contribution in [0.5, 0.6) is 0 Å². The number of benzene rings is 1. The van der Waals surface area contributed by atoms with E-state index in [-0.39, 0.29) is 5.91 Å². The van der Waals surface area contributed by atoms with Crippen LogP contribution in [0.3, 0.4) is 0 Å². The monoisotopic (exact) mass is 310 g/mol. The van der Waals surface area contributed by atoms with Gasteiger partial charge < -0.3 is 5.43 Å². The Morgan fingerprint density at radius 1 is 1.50 bits per heavy atom. The van der Waals surface area contributed by atoms with Crippen LogP contribution >= 0.6 is 22.9 Å². The molecule has 7 heteroatoms. The molecule has 1 amide bonds. The Kier molecular flexibility index (Phi) is 4.59. The smallest absolute Gasteiger partial charge is 0.259 e.